The van der Waals surface area contributed by atoms with Gasteiger partial charge in [-0.2, -0.15) is 9.49 Å². The number of rotatable bonds is 2. The number of hydrogen-bond acceptors (Lipinski definition) is 5. The van der Waals surface area contributed by atoms with Crippen molar-refractivity contribution in [1.29, 1.82) is 0 Å². The van der Waals surface area contributed by atoms with Crippen molar-refractivity contribution < 1.29 is 4.39 Å². The quantitative estimate of drug-likeness (QED) is 0.642. The highest BCUT2D eigenvalue weighted by Crippen LogP contribution is 2.40. The number of fused-ring (bicyclic) bond motifs is 2. The van der Waals surface area contributed by atoms with E-state index in [1.54, 1.807) is 0 Å². The Morgan fingerprint density at radius 3 is 2.79 bits per heavy atom. The summed E-state index contributed by atoms with van der Waals surface area (Å²) in [6.45, 7) is 2.24. The van der Waals surface area contributed by atoms with Crippen molar-refractivity contribution >= 4 is 23.7 Å². The molecule has 7 heteroatoms. The lowest BCUT2D eigenvalue weighted by atomic mass is 9.82. The van der Waals surface area contributed by atoms with Crippen LogP contribution in [0.4, 0.5) is 4.39 Å². The third-order valence-corrected chi connectivity index (χ3v) is 7.10. The van der Waals surface area contributed by atoms with E-state index in [-0.39, 0.29) is 17.9 Å². The van der Waals surface area contributed by atoms with Gasteiger partial charge in [0.25, 0.3) is 0 Å². The minimum Gasteiger partial charge on any atom is -0.311 e. The molecule has 1 saturated carbocycles. The summed E-state index contributed by atoms with van der Waals surface area (Å²) in [5.74, 6) is 1.31. The Bertz CT molecular complexity index is 916. The van der Waals surface area contributed by atoms with Crippen LogP contribution in [0.15, 0.2) is 51.6 Å². The van der Waals surface area contributed by atoms with Crippen molar-refractivity contribution in [2.45, 2.75) is 63.5 Å². The van der Waals surface area contributed by atoms with Crippen LogP contribution in [0.3, 0.4) is 0 Å². The van der Waals surface area contributed by atoms with E-state index in [4.69, 9.17) is 21.7 Å². The Labute approximate surface area is 175 Å². The van der Waals surface area contributed by atoms with Gasteiger partial charge in [-0.25, -0.2) is 9.99 Å². The van der Waals surface area contributed by atoms with Crippen LogP contribution in [-0.4, -0.2) is 39.0 Å². The Kier molecular flexibility index (Phi) is 4.90. The Hall–Kier alpha value is -2.21. The number of hydrazone groups is 1. The molecule has 0 bridgehead atoms. The monoisotopic (exact) mass is 413 g/mol. The largest absolute Gasteiger partial charge is 0.311 e. The molecule has 2 aliphatic carbocycles. The summed E-state index contributed by atoms with van der Waals surface area (Å²) in [5.41, 5.74) is 1.82. The van der Waals surface area contributed by atoms with Gasteiger partial charge in [-0.05, 0) is 63.5 Å². The molecule has 1 aromatic heterocycles. The van der Waals surface area contributed by atoms with Gasteiger partial charge in [-0.3, -0.25) is 4.99 Å². The number of halogens is 2. The van der Waals surface area contributed by atoms with Crippen molar-refractivity contribution in [3.63, 3.8) is 0 Å². The van der Waals surface area contributed by atoms with Gasteiger partial charge in [0.05, 0.1) is 12.2 Å². The molecule has 2 aliphatic heterocycles. The van der Waals surface area contributed by atoms with Gasteiger partial charge in [-0.1, -0.05) is 17.7 Å². The van der Waals surface area contributed by atoms with Gasteiger partial charge in [-0.15, -0.1) is 0 Å². The SMILES string of the molecule is CC1C2CCC(Cl)=CC2=NC=C2N1C=NN2C1CCC(c2cccnc2F)CC1. The standard InChI is InChI=1S/C22H25ClFN5/c1-14-18-9-6-16(23)11-20(18)26-12-21-28(14)13-27-29(21)17-7-4-15(5-8-17)19-3-2-10-25-22(19)24/h2-3,10-15,17-18H,4-9H2,1H3. The highest BCUT2D eigenvalue weighted by Gasteiger charge is 2.39. The van der Waals surface area contributed by atoms with Crippen molar-refractivity contribution in [3.8, 4) is 0 Å². The van der Waals surface area contributed by atoms with Gasteiger partial charge >= 0.3 is 0 Å². The molecule has 5 nitrogen and oxygen atoms in total. The molecule has 3 heterocycles. The molecule has 0 saturated heterocycles. The lowest BCUT2D eigenvalue weighted by Crippen LogP contribution is -2.41. The molecule has 2 unspecified atom stereocenters. The summed E-state index contributed by atoms with van der Waals surface area (Å²) < 4.78 is 14.1. The van der Waals surface area contributed by atoms with E-state index in [1.165, 1.54) is 6.20 Å². The number of nitrogens with zero attached hydrogens (tertiary/aromatic N) is 5. The molecular formula is C22H25ClFN5. The second-order valence-electron chi connectivity index (χ2n) is 8.39. The lowest BCUT2D eigenvalue weighted by molar-refractivity contribution is 0.169. The minimum absolute atomic E-state index is 0.236. The van der Waals surface area contributed by atoms with Gasteiger partial charge in [0.1, 0.15) is 12.2 Å². The van der Waals surface area contributed by atoms with Gasteiger partial charge in [0, 0.05) is 34.5 Å². The van der Waals surface area contributed by atoms with E-state index >= 15 is 0 Å². The third kappa shape index (κ3) is 3.37. The lowest BCUT2D eigenvalue weighted by Gasteiger charge is -2.36. The van der Waals surface area contributed by atoms with E-state index in [9.17, 15) is 4.39 Å². The van der Waals surface area contributed by atoms with Crippen molar-refractivity contribution in [2.24, 2.45) is 16.0 Å². The summed E-state index contributed by atoms with van der Waals surface area (Å²) in [4.78, 5) is 10.9. The molecule has 152 valence electrons. The van der Waals surface area contributed by atoms with Gasteiger partial charge < -0.3 is 4.90 Å². The number of aromatic nitrogens is 1. The maximum absolute atomic E-state index is 14.1. The highest BCUT2D eigenvalue weighted by atomic mass is 35.5. The molecule has 0 N–H and O–H groups in total. The Balaban J connectivity index is 1.33. The fraction of sp³-hybridized carbons (Fsp3) is 0.500. The van der Waals surface area contributed by atoms with E-state index in [2.05, 4.69) is 21.8 Å². The van der Waals surface area contributed by atoms with Crippen LogP contribution in [0.2, 0.25) is 0 Å². The fourth-order valence-corrected chi connectivity index (χ4v) is 5.35. The molecule has 1 aromatic rings. The zero-order chi connectivity index (χ0) is 20.0. The summed E-state index contributed by atoms with van der Waals surface area (Å²) in [5, 5.41) is 7.74. The maximum Gasteiger partial charge on any atom is 0.216 e. The normalized spacial score (nSPS) is 31.5. The predicted octanol–water partition coefficient (Wildman–Crippen LogP) is 4.98. The van der Waals surface area contributed by atoms with Crippen LogP contribution in [0.5, 0.6) is 0 Å². The maximum atomic E-state index is 14.1. The van der Waals surface area contributed by atoms with Crippen molar-refractivity contribution in [1.82, 2.24) is 14.9 Å². The van der Waals surface area contributed by atoms with Crippen molar-refractivity contribution in [3.05, 3.63) is 53.0 Å². The second kappa shape index (κ2) is 7.56. The Morgan fingerprint density at radius 2 is 2.00 bits per heavy atom. The van der Waals surface area contributed by atoms with Crippen molar-refractivity contribution in [2.75, 3.05) is 0 Å². The minimum atomic E-state index is -0.327. The fourth-order valence-electron chi connectivity index (χ4n) is 5.13. The van der Waals surface area contributed by atoms with E-state index in [0.717, 1.165) is 60.7 Å². The van der Waals surface area contributed by atoms with Crippen LogP contribution in [-0.2, 0) is 0 Å². The molecule has 0 amide bonds. The average molecular weight is 414 g/mol. The molecular weight excluding hydrogens is 389 g/mol. The van der Waals surface area contributed by atoms with E-state index in [1.807, 2.05) is 30.7 Å². The Morgan fingerprint density at radius 1 is 1.17 bits per heavy atom. The average Bonchev–Trinajstić information content (AvgIpc) is 3.11. The number of aliphatic imine (C=N–C) groups is 1. The number of pyridine rings is 1. The molecule has 0 aromatic carbocycles. The topological polar surface area (TPSA) is 44.1 Å². The summed E-state index contributed by atoms with van der Waals surface area (Å²) in [6.07, 6.45) is 13.2. The molecule has 0 spiro atoms. The molecule has 2 atom stereocenters. The molecule has 4 aliphatic rings. The van der Waals surface area contributed by atoms with E-state index < -0.39 is 0 Å². The first kappa shape index (κ1) is 18.8. The molecule has 1 fully saturated rings. The molecule has 5 rings (SSSR count). The molecule has 0 radical (unpaired) electrons. The zero-order valence-corrected chi connectivity index (χ0v) is 17.3. The van der Waals surface area contributed by atoms with Crippen LogP contribution in [0.25, 0.3) is 0 Å². The van der Waals surface area contributed by atoms with Gasteiger partial charge in [0.15, 0.2) is 0 Å². The second-order valence-corrected chi connectivity index (χ2v) is 8.88. The number of hydrogen-bond donors (Lipinski definition) is 0. The van der Waals surface area contributed by atoms with Gasteiger partial charge in [0.2, 0.25) is 5.95 Å². The summed E-state index contributed by atoms with van der Waals surface area (Å²) in [7, 11) is 0. The first-order chi connectivity index (χ1) is 14.1. The first-order valence-corrected chi connectivity index (χ1v) is 10.9. The van der Waals surface area contributed by atoms with Crippen LogP contribution in [0, 0.1) is 11.9 Å². The van der Waals surface area contributed by atoms with Crippen LogP contribution >= 0.6 is 11.6 Å². The smallest absolute Gasteiger partial charge is 0.216 e. The summed E-state index contributed by atoms with van der Waals surface area (Å²) in [6, 6.07) is 4.29. The van der Waals surface area contributed by atoms with E-state index in [0.29, 0.717) is 12.0 Å². The number of allylic oxidation sites excluding steroid dienone is 2. The summed E-state index contributed by atoms with van der Waals surface area (Å²) >= 11 is 6.26. The molecule has 29 heavy (non-hydrogen) atoms. The van der Waals surface area contributed by atoms with Crippen LogP contribution in [0.1, 0.15) is 56.9 Å². The zero-order valence-electron chi connectivity index (χ0n) is 16.5. The third-order valence-electron chi connectivity index (χ3n) is 6.80. The predicted molar refractivity (Wildman–Crippen MR) is 113 cm³/mol. The highest BCUT2D eigenvalue weighted by molar-refractivity contribution is 6.31. The van der Waals surface area contributed by atoms with Crippen LogP contribution < -0.4 is 0 Å². The first-order valence-electron chi connectivity index (χ1n) is 10.5.